The normalized spacial score (nSPS) is 25.3. The first-order chi connectivity index (χ1) is 19.9. The molecule has 0 aromatic heterocycles. The number of carbonyl (C=O) groups is 4. The second kappa shape index (κ2) is 14.1. The first kappa shape index (κ1) is 35.4. The molecule has 8 heteroatoms. The van der Waals surface area contributed by atoms with E-state index in [-0.39, 0.29) is 66.3 Å². The third-order valence-corrected chi connectivity index (χ3v) is 8.43. The minimum Gasteiger partial charge on any atom is -0.444 e. The van der Waals surface area contributed by atoms with Crippen LogP contribution in [0.25, 0.3) is 0 Å². The highest BCUT2D eigenvalue weighted by molar-refractivity contribution is 6.02. The number of allylic oxidation sites excluding steroid dienone is 5. The van der Waals surface area contributed by atoms with Gasteiger partial charge in [0.2, 0.25) is 0 Å². The van der Waals surface area contributed by atoms with E-state index in [9.17, 15) is 19.2 Å². The quantitative estimate of drug-likeness (QED) is 0.139. The van der Waals surface area contributed by atoms with Crippen LogP contribution in [0.3, 0.4) is 0 Å². The number of esters is 2. The fraction of sp³-hybridized carbons (Fsp3) is 0.600. The van der Waals surface area contributed by atoms with Gasteiger partial charge in [-0.05, 0) is 69.3 Å². The van der Waals surface area contributed by atoms with Crippen molar-refractivity contribution in [3.05, 3.63) is 34.9 Å². The van der Waals surface area contributed by atoms with Crippen molar-refractivity contribution >= 4 is 23.9 Å². The van der Waals surface area contributed by atoms with Crippen LogP contribution in [-0.4, -0.2) is 59.6 Å². The zero-order valence-electron chi connectivity index (χ0n) is 27.4. The molecule has 1 heterocycles. The number of urea groups is 1. The molecule has 0 N–H and O–H groups in total. The Morgan fingerprint density at radius 3 is 1.91 bits per heavy atom. The van der Waals surface area contributed by atoms with E-state index in [0.717, 1.165) is 22.5 Å². The third-order valence-electron chi connectivity index (χ3n) is 8.43. The van der Waals surface area contributed by atoms with Crippen molar-refractivity contribution in [2.45, 2.75) is 81.8 Å². The predicted molar refractivity (Wildman–Crippen MR) is 167 cm³/mol. The van der Waals surface area contributed by atoms with Crippen molar-refractivity contribution in [2.75, 3.05) is 19.8 Å². The first-order valence-corrected chi connectivity index (χ1v) is 14.8. The Balaban J connectivity index is 0.000000304. The Kier molecular flexibility index (Phi) is 11.6. The maximum absolute atomic E-state index is 12.3. The lowest BCUT2D eigenvalue weighted by Gasteiger charge is -2.15. The van der Waals surface area contributed by atoms with Crippen LogP contribution in [0, 0.1) is 59.2 Å². The summed E-state index contributed by atoms with van der Waals surface area (Å²) in [6.07, 6.45) is 17.2. The van der Waals surface area contributed by atoms with Gasteiger partial charge >= 0.3 is 18.0 Å². The molecule has 3 amide bonds. The Morgan fingerprint density at radius 1 is 0.953 bits per heavy atom. The summed E-state index contributed by atoms with van der Waals surface area (Å²) in [5, 5.41) is 0. The van der Waals surface area contributed by atoms with Gasteiger partial charge in [0.1, 0.15) is 6.54 Å². The maximum Gasteiger partial charge on any atom is 0.330 e. The summed E-state index contributed by atoms with van der Waals surface area (Å²) in [7, 11) is 0. The Bertz CT molecular complexity index is 1280. The minimum absolute atomic E-state index is 0.0319. The van der Waals surface area contributed by atoms with E-state index < -0.39 is 18.0 Å². The summed E-state index contributed by atoms with van der Waals surface area (Å²) in [6.45, 7) is 19.9. The van der Waals surface area contributed by atoms with E-state index in [2.05, 4.69) is 51.7 Å². The summed E-state index contributed by atoms with van der Waals surface area (Å²) in [6, 6.07) is -0.517. The fourth-order valence-corrected chi connectivity index (χ4v) is 5.65. The van der Waals surface area contributed by atoms with Gasteiger partial charge in [-0.25, -0.2) is 9.69 Å². The summed E-state index contributed by atoms with van der Waals surface area (Å²) >= 11 is 0. The number of hydrogen-bond donors (Lipinski definition) is 0. The van der Waals surface area contributed by atoms with E-state index in [4.69, 9.17) is 22.3 Å². The smallest absolute Gasteiger partial charge is 0.330 e. The van der Waals surface area contributed by atoms with E-state index in [1.54, 1.807) is 0 Å². The van der Waals surface area contributed by atoms with Crippen LogP contribution in [0.5, 0.6) is 0 Å². The molecule has 2 saturated carbocycles. The number of nitrogens with zero attached hydrogens (tertiary/aromatic N) is 2. The zero-order valence-corrected chi connectivity index (χ0v) is 27.4. The highest BCUT2D eigenvalue weighted by Gasteiger charge is 2.62. The van der Waals surface area contributed by atoms with Crippen molar-refractivity contribution < 1.29 is 28.7 Å². The molecule has 2 aliphatic carbocycles. The highest BCUT2D eigenvalue weighted by Crippen LogP contribution is 2.60. The fourth-order valence-electron chi connectivity index (χ4n) is 5.65. The van der Waals surface area contributed by atoms with Crippen molar-refractivity contribution in [1.29, 1.82) is 0 Å². The van der Waals surface area contributed by atoms with Crippen LogP contribution in [0.15, 0.2) is 34.9 Å². The van der Waals surface area contributed by atoms with Gasteiger partial charge in [0, 0.05) is 0 Å². The number of rotatable bonds is 10. The largest absolute Gasteiger partial charge is 0.444 e. The second-order valence-corrected chi connectivity index (χ2v) is 13.2. The Labute approximate surface area is 257 Å². The van der Waals surface area contributed by atoms with Gasteiger partial charge in [-0.3, -0.25) is 14.4 Å². The van der Waals surface area contributed by atoms with Crippen LogP contribution < -0.4 is 0 Å². The van der Waals surface area contributed by atoms with Gasteiger partial charge in [-0.2, -0.15) is 0 Å². The van der Waals surface area contributed by atoms with Crippen molar-refractivity contribution in [3.63, 3.8) is 0 Å². The predicted octanol–water partition coefficient (Wildman–Crippen LogP) is 5.75. The molecular weight excluding hydrogens is 544 g/mol. The van der Waals surface area contributed by atoms with Crippen LogP contribution in [-0.2, 0) is 23.9 Å². The van der Waals surface area contributed by atoms with Gasteiger partial charge in [0.25, 0.3) is 5.91 Å². The van der Waals surface area contributed by atoms with Gasteiger partial charge in [-0.1, -0.05) is 75.8 Å². The van der Waals surface area contributed by atoms with E-state index in [0.29, 0.717) is 0 Å². The van der Waals surface area contributed by atoms with Crippen molar-refractivity contribution in [2.24, 2.45) is 34.5 Å². The van der Waals surface area contributed by atoms with E-state index in [1.165, 1.54) is 10.5 Å². The number of amides is 3. The van der Waals surface area contributed by atoms with Gasteiger partial charge < -0.3 is 14.4 Å². The van der Waals surface area contributed by atoms with Gasteiger partial charge in [0.15, 0.2) is 12.8 Å². The Morgan fingerprint density at radius 2 is 1.47 bits per heavy atom. The lowest BCUT2D eigenvalue weighted by atomic mass is 10.1. The lowest BCUT2D eigenvalue weighted by Crippen LogP contribution is -2.36. The molecular formula is C35H48N2O6. The molecule has 1 saturated heterocycles. The molecule has 0 spiro atoms. The average molecular weight is 593 g/mol. The van der Waals surface area contributed by atoms with Gasteiger partial charge in [-0.15, -0.1) is 12.8 Å². The average Bonchev–Trinajstić information content (AvgIpc) is 3.60. The number of terminal acetylenes is 2. The molecule has 3 fully saturated rings. The molecule has 43 heavy (non-hydrogen) atoms. The van der Waals surface area contributed by atoms with E-state index in [1.807, 2.05) is 47.6 Å². The summed E-state index contributed by atoms with van der Waals surface area (Å²) < 4.78 is 10.7. The highest BCUT2D eigenvalue weighted by atomic mass is 16.6. The number of ether oxygens (including phenoxy) is 2. The summed E-state index contributed by atoms with van der Waals surface area (Å²) in [5.74, 6) is 3.97. The van der Waals surface area contributed by atoms with Crippen molar-refractivity contribution in [3.8, 4) is 24.7 Å². The van der Waals surface area contributed by atoms with Crippen LogP contribution in [0.1, 0.15) is 75.7 Å². The standard InChI is InChI=1S/C18H26O2.C17H22N2O4/c1-8-10-13(5)15(9-2)20-17(19)16-14(11-12(3)4)18(16,6)7;1-6-7-18-9-13(20)19(16(18)22)10-23-15(21)14-12(8-11(2)3)17(14,4)5/h2,10-11,14-16H,8H2,1,3-7H3;1,8,12,14H,7,9-10H2,2-5H3/b13-10+;/t14?,15?,16-;/m0./s1. The molecule has 3 aliphatic rings. The SMILES string of the molecule is C#CC(OC(=O)[C@@H]1C(C=C(C)C)C1(C)C)/C(C)=C/CC.C#CCN1CC(=O)N(COC(=O)C2C(C=C(C)C)C2(C)C)C1=O. The Hall–Kier alpha value is -3.78. The van der Waals surface area contributed by atoms with E-state index >= 15 is 0 Å². The topological polar surface area (TPSA) is 93.2 Å². The maximum atomic E-state index is 12.3. The molecule has 0 aromatic rings. The van der Waals surface area contributed by atoms with Crippen LogP contribution in [0.4, 0.5) is 4.79 Å². The molecule has 0 radical (unpaired) electrons. The number of carbonyl (C=O) groups excluding carboxylic acids is 4. The molecule has 1 aliphatic heterocycles. The molecule has 0 aromatic carbocycles. The molecule has 0 bridgehead atoms. The van der Waals surface area contributed by atoms with Crippen molar-refractivity contribution in [1.82, 2.24) is 9.80 Å². The molecule has 234 valence electrons. The summed E-state index contributed by atoms with van der Waals surface area (Å²) in [5.41, 5.74) is 3.11. The first-order valence-electron chi connectivity index (χ1n) is 14.8. The summed E-state index contributed by atoms with van der Waals surface area (Å²) in [4.78, 5) is 50.5. The molecule has 3 rings (SSSR count). The molecule has 8 nitrogen and oxygen atoms in total. The third kappa shape index (κ3) is 8.41. The number of imide groups is 1. The second-order valence-electron chi connectivity index (χ2n) is 13.2. The van der Waals surface area contributed by atoms with Gasteiger partial charge in [0.05, 0.1) is 18.4 Å². The minimum atomic E-state index is -0.536. The molecule has 4 unspecified atom stereocenters. The monoisotopic (exact) mass is 592 g/mol. The van der Waals surface area contributed by atoms with Crippen LogP contribution >= 0.6 is 0 Å². The molecule has 5 atom stereocenters. The van der Waals surface area contributed by atoms with Crippen LogP contribution in [0.2, 0.25) is 0 Å². The lowest BCUT2D eigenvalue weighted by molar-refractivity contribution is -0.151. The number of hydrogen-bond acceptors (Lipinski definition) is 6. The zero-order chi connectivity index (χ0) is 32.9.